The third-order valence-corrected chi connectivity index (χ3v) is 3.47. The van der Waals surface area contributed by atoms with Crippen molar-refractivity contribution >= 4 is 23.5 Å². The molecular formula is C12H12ClNO3. The molecule has 4 nitrogen and oxygen atoms in total. The lowest BCUT2D eigenvalue weighted by Crippen LogP contribution is -2.27. The van der Waals surface area contributed by atoms with E-state index in [1.165, 1.54) is 4.90 Å². The molecule has 1 aromatic rings. The summed E-state index contributed by atoms with van der Waals surface area (Å²) in [6.07, 6.45) is 0.0295. The molecule has 0 bridgehead atoms. The van der Waals surface area contributed by atoms with Gasteiger partial charge >= 0.3 is 5.97 Å². The number of carboxylic acids is 1. The Labute approximate surface area is 104 Å². The number of halogens is 1. The Morgan fingerprint density at radius 3 is 2.71 bits per heavy atom. The van der Waals surface area contributed by atoms with Crippen molar-refractivity contribution in [1.29, 1.82) is 0 Å². The average Bonchev–Trinajstić information content (AvgIpc) is 2.57. The van der Waals surface area contributed by atoms with Crippen LogP contribution in [0, 0.1) is 5.92 Å². The molecule has 1 saturated heterocycles. The highest BCUT2D eigenvalue weighted by molar-refractivity contribution is 6.31. The van der Waals surface area contributed by atoms with Crippen LogP contribution >= 0.6 is 11.6 Å². The van der Waals surface area contributed by atoms with Gasteiger partial charge in [-0.25, -0.2) is 0 Å². The lowest BCUT2D eigenvalue weighted by atomic mass is 9.94. The number of carbonyl (C=O) groups excluding carboxylic acids is 1. The van der Waals surface area contributed by atoms with Crippen LogP contribution in [-0.2, 0) is 9.59 Å². The van der Waals surface area contributed by atoms with E-state index in [9.17, 15) is 9.59 Å². The van der Waals surface area contributed by atoms with Crippen molar-refractivity contribution in [2.24, 2.45) is 5.92 Å². The molecule has 0 aliphatic carbocycles. The molecule has 1 heterocycles. The second-order valence-electron chi connectivity index (χ2n) is 4.12. The van der Waals surface area contributed by atoms with Crippen molar-refractivity contribution in [3.63, 3.8) is 0 Å². The van der Waals surface area contributed by atoms with Crippen molar-refractivity contribution < 1.29 is 14.7 Å². The molecule has 1 aromatic carbocycles. The number of nitrogens with zero attached hydrogens (tertiary/aromatic N) is 1. The maximum Gasteiger partial charge on any atom is 0.309 e. The fraction of sp³-hybridized carbons (Fsp3) is 0.333. The molecule has 1 N–H and O–H groups in total. The predicted octanol–water partition coefficient (Wildman–Crippen LogP) is 1.94. The van der Waals surface area contributed by atoms with E-state index in [1.54, 1.807) is 31.3 Å². The Balaban J connectivity index is 2.44. The van der Waals surface area contributed by atoms with Crippen molar-refractivity contribution in [3.8, 4) is 0 Å². The molecule has 0 saturated carbocycles. The number of carboxylic acid groups (broad SMARTS) is 1. The first-order valence-corrected chi connectivity index (χ1v) is 5.63. The zero-order valence-electron chi connectivity index (χ0n) is 9.26. The minimum Gasteiger partial charge on any atom is -0.481 e. The fourth-order valence-electron chi connectivity index (χ4n) is 2.23. The minimum atomic E-state index is -0.965. The lowest BCUT2D eigenvalue weighted by Gasteiger charge is -2.24. The highest BCUT2D eigenvalue weighted by atomic mass is 35.5. The van der Waals surface area contributed by atoms with Gasteiger partial charge in [0.05, 0.1) is 12.0 Å². The summed E-state index contributed by atoms with van der Waals surface area (Å²) in [7, 11) is 1.61. The van der Waals surface area contributed by atoms with Crippen LogP contribution in [0.4, 0.5) is 0 Å². The molecule has 1 amide bonds. The van der Waals surface area contributed by atoms with Crippen LogP contribution in [0.15, 0.2) is 24.3 Å². The standard InChI is InChI=1S/C12H12ClNO3/c1-14-10(15)6-8(12(16)17)11(14)7-4-2-3-5-9(7)13/h2-5,8,11H,6H2,1H3,(H,16,17)/t8-,11-/m0/s1. The van der Waals surface area contributed by atoms with Gasteiger partial charge in [0.1, 0.15) is 0 Å². The van der Waals surface area contributed by atoms with Crippen molar-refractivity contribution in [3.05, 3.63) is 34.9 Å². The van der Waals surface area contributed by atoms with E-state index in [2.05, 4.69) is 0 Å². The lowest BCUT2D eigenvalue weighted by molar-refractivity contribution is -0.142. The van der Waals surface area contributed by atoms with E-state index in [4.69, 9.17) is 16.7 Å². The van der Waals surface area contributed by atoms with E-state index < -0.39 is 17.9 Å². The van der Waals surface area contributed by atoms with Gasteiger partial charge < -0.3 is 10.0 Å². The molecule has 0 radical (unpaired) electrons. The van der Waals surface area contributed by atoms with Crippen molar-refractivity contribution in [2.45, 2.75) is 12.5 Å². The number of hydrogen-bond donors (Lipinski definition) is 1. The van der Waals surface area contributed by atoms with Gasteiger partial charge in [-0.2, -0.15) is 0 Å². The highest BCUT2D eigenvalue weighted by Gasteiger charge is 2.43. The Bertz CT molecular complexity index is 475. The third-order valence-electron chi connectivity index (χ3n) is 3.13. The van der Waals surface area contributed by atoms with Gasteiger partial charge in [-0.15, -0.1) is 0 Å². The van der Waals surface area contributed by atoms with Crippen LogP contribution in [0.1, 0.15) is 18.0 Å². The summed E-state index contributed by atoms with van der Waals surface area (Å²) in [5.74, 6) is -1.86. The highest BCUT2D eigenvalue weighted by Crippen LogP contribution is 2.39. The molecule has 1 fully saturated rings. The molecule has 90 valence electrons. The molecule has 2 atom stereocenters. The number of rotatable bonds is 2. The molecule has 1 aliphatic rings. The number of carbonyl (C=O) groups is 2. The Kier molecular flexibility index (Phi) is 3.07. The summed E-state index contributed by atoms with van der Waals surface area (Å²) >= 11 is 6.06. The van der Waals surface area contributed by atoms with Crippen molar-refractivity contribution in [1.82, 2.24) is 4.90 Å². The van der Waals surface area contributed by atoms with Crippen molar-refractivity contribution in [2.75, 3.05) is 7.05 Å². The first kappa shape index (κ1) is 11.9. The van der Waals surface area contributed by atoms with E-state index >= 15 is 0 Å². The Morgan fingerprint density at radius 2 is 2.12 bits per heavy atom. The monoisotopic (exact) mass is 253 g/mol. The molecule has 2 rings (SSSR count). The minimum absolute atomic E-state index is 0.0295. The number of amides is 1. The van der Waals surface area contributed by atoms with Gasteiger partial charge in [0.15, 0.2) is 0 Å². The Hall–Kier alpha value is -1.55. The normalized spacial score (nSPS) is 24.1. The largest absolute Gasteiger partial charge is 0.481 e. The van der Waals surface area contributed by atoms with E-state index in [-0.39, 0.29) is 12.3 Å². The van der Waals surface area contributed by atoms with E-state index in [0.29, 0.717) is 10.6 Å². The number of hydrogen-bond acceptors (Lipinski definition) is 2. The maximum absolute atomic E-state index is 11.6. The number of aliphatic carboxylic acids is 1. The molecule has 0 aromatic heterocycles. The number of benzene rings is 1. The topological polar surface area (TPSA) is 57.6 Å². The van der Waals surface area contributed by atoms with Crippen LogP contribution in [0.3, 0.4) is 0 Å². The maximum atomic E-state index is 11.6. The SMILES string of the molecule is CN1C(=O)C[C@H](C(=O)O)[C@@H]1c1ccccc1Cl. The smallest absolute Gasteiger partial charge is 0.309 e. The average molecular weight is 254 g/mol. The molecule has 0 unspecified atom stereocenters. The summed E-state index contributed by atoms with van der Waals surface area (Å²) in [5, 5.41) is 9.64. The fourth-order valence-corrected chi connectivity index (χ4v) is 2.48. The molecular weight excluding hydrogens is 242 g/mol. The zero-order valence-corrected chi connectivity index (χ0v) is 10.0. The second-order valence-corrected chi connectivity index (χ2v) is 4.53. The zero-order chi connectivity index (χ0) is 12.6. The second kappa shape index (κ2) is 4.37. The van der Waals surface area contributed by atoms with Gasteiger partial charge in [0, 0.05) is 18.5 Å². The summed E-state index contributed by atoms with van der Waals surface area (Å²) in [6.45, 7) is 0. The Morgan fingerprint density at radius 1 is 1.47 bits per heavy atom. The predicted molar refractivity (Wildman–Crippen MR) is 62.7 cm³/mol. The number of likely N-dealkylation sites (tertiary alicyclic amines) is 1. The molecule has 5 heteroatoms. The first-order valence-electron chi connectivity index (χ1n) is 5.25. The van der Waals surface area contributed by atoms with Crippen LogP contribution in [0.25, 0.3) is 0 Å². The van der Waals surface area contributed by atoms with Crippen LogP contribution < -0.4 is 0 Å². The molecule has 1 aliphatic heterocycles. The van der Waals surface area contributed by atoms with Gasteiger partial charge in [0.2, 0.25) is 5.91 Å². The van der Waals surface area contributed by atoms with Gasteiger partial charge in [0.25, 0.3) is 0 Å². The van der Waals surface area contributed by atoms with E-state index in [1.807, 2.05) is 0 Å². The quantitative estimate of drug-likeness (QED) is 0.876. The summed E-state index contributed by atoms with van der Waals surface area (Å²) < 4.78 is 0. The summed E-state index contributed by atoms with van der Waals surface area (Å²) in [4.78, 5) is 24.2. The van der Waals surface area contributed by atoms with Crippen LogP contribution in [0.5, 0.6) is 0 Å². The molecule has 0 spiro atoms. The van der Waals surface area contributed by atoms with Gasteiger partial charge in [-0.05, 0) is 11.6 Å². The summed E-state index contributed by atoms with van der Waals surface area (Å²) in [5.41, 5.74) is 0.690. The van der Waals surface area contributed by atoms with E-state index in [0.717, 1.165) is 0 Å². The molecule has 17 heavy (non-hydrogen) atoms. The van der Waals surface area contributed by atoms with Gasteiger partial charge in [-0.3, -0.25) is 9.59 Å². The van der Waals surface area contributed by atoms with Gasteiger partial charge in [-0.1, -0.05) is 29.8 Å². The first-order chi connectivity index (χ1) is 8.02. The third kappa shape index (κ3) is 2.00. The van der Waals surface area contributed by atoms with Crippen LogP contribution in [-0.4, -0.2) is 28.9 Å². The summed E-state index contributed by atoms with van der Waals surface area (Å²) in [6, 6.07) is 6.55. The van der Waals surface area contributed by atoms with Crippen LogP contribution in [0.2, 0.25) is 5.02 Å².